The quantitative estimate of drug-likeness (QED) is 0.889. The van der Waals surface area contributed by atoms with Gasteiger partial charge in [-0.05, 0) is 30.3 Å². The van der Waals surface area contributed by atoms with Gasteiger partial charge in [-0.3, -0.25) is 4.79 Å². The molecule has 3 N–H and O–H groups in total. The van der Waals surface area contributed by atoms with Gasteiger partial charge in [-0.2, -0.15) is 0 Å². The molecule has 0 saturated heterocycles. The van der Waals surface area contributed by atoms with Crippen LogP contribution >= 0.6 is 27.5 Å². The summed E-state index contributed by atoms with van der Waals surface area (Å²) in [5.41, 5.74) is 6.43. The van der Waals surface area contributed by atoms with Crippen LogP contribution in [-0.4, -0.2) is 10.9 Å². The van der Waals surface area contributed by atoms with Gasteiger partial charge in [-0.25, -0.2) is 4.98 Å². The van der Waals surface area contributed by atoms with Gasteiger partial charge in [0.2, 0.25) is 0 Å². The summed E-state index contributed by atoms with van der Waals surface area (Å²) in [6, 6.07) is 8.34. The Morgan fingerprint density at radius 1 is 1.33 bits per heavy atom. The lowest BCUT2D eigenvalue weighted by Gasteiger charge is -2.06. The Labute approximate surface area is 117 Å². The van der Waals surface area contributed by atoms with Crippen LogP contribution in [0.15, 0.2) is 41.0 Å². The highest BCUT2D eigenvalue weighted by Gasteiger charge is 2.11. The molecule has 6 heteroatoms. The Kier molecular flexibility index (Phi) is 3.84. The number of amides is 1. The second kappa shape index (κ2) is 5.37. The summed E-state index contributed by atoms with van der Waals surface area (Å²) in [5, 5.41) is 3.02. The predicted octanol–water partition coefficient (Wildman–Crippen LogP) is 3.33. The number of aromatic nitrogens is 1. The molecule has 0 saturated carbocycles. The number of nitrogens with one attached hydrogen (secondary N) is 1. The van der Waals surface area contributed by atoms with Crippen molar-refractivity contribution in [2.24, 2.45) is 0 Å². The smallest absolute Gasteiger partial charge is 0.258 e. The number of carbonyl (C=O) groups is 1. The number of nitrogen functional groups attached to an aromatic ring is 1. The average molecular weight is 327 g/mol. The minimum absolute atomic E-state index is 0.321. The molecule has 2 rings (SSSR count). The largest absolute Gasteiger partial charge is 0.397 e. The molecule has 0 atom stereocenters. The highest BCUT2D eigenvalue weighted by molar-refractivity contribution is 9.10. The number of nitrogens with zero attached hydrogens (tertiary/aromatic N) is 1. The van der Waals surface area contributed by atoms with Gasteiger partial charge >= 0.3 is 0 Å². The molecule has 4 nitrogen and oxygen atoms in total. The Morgan fingerprint density at radius 2 is 2.11 bits per heavy atom. The van der Waals surface area contributed by atoms with Crippen molar-refractivity contribution in [3.05, 3.63) is 51.6 Å². The monoisotopic (exact) mass is 325 g/mol. The van der Waals surface area contributed by atoms with Gasteiger partial charge in [0.05, 0.1) is 22.5 Å². The molecule has 1 heterocycles. The molecule has 1 aromatic heterocycles. The molecule has 1 amide bonds. The summed E-state index contributed by atoms with van der Waals surface area (Å²) in [4.78, 5) is 16.0. The molecule has 0 unspecified atom stereocenters. The Morgan fingerprint density at radius 3 is 2.78 bits per heavy atom. The zero-order chi connectivity index (χ0) is 13.1. The topological polar surface area (TPSA) is 68.0 Å². The summed E-state index contributed by atoms with van der Waals surface area (Å²) in [5.74, 6) is 0.101. The first-order chi connectivity index (χ1) is 8.56. The molecule has 0 fully saturated rings. The van der Waals surface area contributed by atoms with Gasteiger partial charge in [0.25, 0.3) is 5.91 Å². The first-order valence-electron chi connectivity index (χ1n) is 5.04. The molecule has 0 spiro atoms. The molecular formula is C12H9BrClN3O. The van der Waals surface area contributed by atoms with Gasteiger partial charge in [0.1, 0.15) is 5.82 Å². The van der Waals surface area contributed by atoms with Gasteiger partial charge < -0.3 is 11.1 Å². The van der Waals surface area contributed by atoms with E-state index >= 15 is 0 Å². The van der Waals surface area contributed by atoms with Crippen LogP contribution in [0.25, 0.3) is 0 Å². The minimum atomic E-state index is -0.321. The fourth-order valence-electron chi connectivity index (χ4n) is 1.33. The molecular weight excluding hydrogens is 318 g/mol. The maximum absolute atomic E-state index is 12.0. The molecule has 0 radical (unpaired) electrons. The van der Waals surface area contributed by atoms with E-state index in [2.05, 4.69) is 26.2 Å². The van der Waals surface area contributed by atoms with E-state index in [0.29, 0.717) is 22.1 Å². The number of halogens is 2. The van der Waals surface area contributed by atoms with Crippen molar-refractivity contribution in [2.45, 2.75) is 0 Å². The van der Waals surface area contributed by atoms with Crippen molar-refractivity contribution < 1.29 is 4.79 Å². The van der Waals surface area contributed by atoms with Crippen LogP contribution in [0.3, 0.4) is 0 Å². The average Bonchev–Trinajstić information content (AvgIpc) is 2.35. The van der Waals surface area contributed by atoms with E-state index in [1.54, 1.807) is 30.3 Å². The van der Waals surface area contributed by atoms with E-state index in [9.17, 15) is 4.79 Å². The van der Waals surface area contributed by atoms with Crippen LogP contribution in [0.2, 0.25) is 5.02 Å². The molecule has 2 aromatic rings. The number of anilines is 2. The number of rotatable bonds is 2. The zero-order valence-electron chi connectivity index (χ0n) is 9.15. The second-order valence-electron chi connectivity index (χ2n) is 3.56. The van der Waals surface area contributed by atoms with Gasteiger partial charge in [0.15, 0.2) is 0 Å². The Balaban J connectivity index is 2.21. The van der Waals surface area contributed by atoms with E-state index in [0.717, 1.165) is 4.47 Å². The van der Waals surface area contributed by atoms with Crippen molar-refractivity contribution in [2.75, 3.05) is 11.1 Å². The molecule has 92 valence electrons. The van der Waals surface area contributed by atoms with E-state index < -0.39 is 0 Å². The fraction of sp³-hybridized carbons (Fsp3) is 0. The van der Waals surface area contributed by atoms with Crippen LogP contribution in [0.1, 0.15) is 10.4 Å². The number of hydrogen-bond acceptors (Lipinski definition) is 3. The number of benzene rings is 1. The van der Waals surface area contributed by atoms with Gasteiger partial charge in [0, 0.05) is 4.47 Å². The normalized spacial score (nSPS) is 10.1. The van der Waals surface area contributed by atoms with E-state index in [1.807, 2.05) is 0 Å². The van der Waals surface area contributed by atoms with Crippen molar-refractivity contribution in [3.63, 3.8) is 0 Å². The van der Waals surface area contributed by atoms with E-state index in [4.69, 9.17) is 17.3 Å². The second-order valence-corrected chi connectivity index (χ2v) is 4.88. The van der Waals surface area contributed by atoms with Crippen molar-refractivity contribution in [1.29, 1.82) is 0 Å². The van der Waals surface area contributed by atoms with Crippen LogP contribution in [-0.2, 0) is 0 Å². The third-order valence-corrected chi connectivity index (χ3v) is 3.02. The van der Waals surface area contributed by atoms with Crippen LogP contribution in [0, 0.1) is 0 Å². The van der Waals surface area contributed by atoms with E-state index in [1.165, 1.54) is 6.20 Å². The predicted molar refractivity (Wildman–Crippen MR) is 75.8 cm³/mol. The van der Waals surface area contributed by atoms with Gasteiger partial charge in [-0.15, -0.1) is 0 Å². The fourth-order valence-corrected chi connectivity index (χ4v) is 1.90. The van der Waals surface area contributed by atoms with Crippen molar-refractivity contribution >= 4 is 44.9 Å². The summed E-state index contributed by atoms with van der Waals surface area (Å²) in [7, 11) is 0. The first kappa shape index (κ1) is 12.9. The first-order valence-corrected chi connectivity index (χ1v) is 6.21. The summed E-state index contributed by atoms with van der Waals surface area (Å²) in [6.45, 7) is 0. The highest BCUT2D eigenvalue weighted by atomic mass is 79.9. The minimum Gasteiger partial charge on any atom is -0.397 e. The number of pyridine rings is 1. The third kappa shape index (κ3) is 3.00. The molecule has 0 aliphatic rings. The van der Waals surface area contributed by atoms with Crippen molar-refractivity contribution in [3.8, 4) is 0 Å². The summed E-state index contributed by atoms with van der Waals surface area (Å²) >= 11 is 9.25. The Bertz CT molecular complexity index is 586. The molecule has 0 bridgehead atoms. The Hall–Kier alpha value is -1.59. The number of nitrogens with two attached hydrogens (primary N) is 1. The lowest BCUT2D eigenvalue weighted by molar-refractivity contribution is 0.102. The molecule has 0 aliphatic carbocycles. The standard InChI is InChI=1S/C12H9BrClN3O/c13-7-1-3-10(14)9(5-7)12(18)17-11-4-2-8(15)6-16-11/h1-6H,15H2,(H,16,17,18). The SMILES string of the molecule is Nc1ccc(NC(=O)c2cc(Br)ccc2Cl)nc1. The van der Waals surface area contributed by atoms with Crippen LogP contribution < -0.4 is 11.1 Å². The molecule has 0 aliphatic heterocycles. The van der Waals surface area contributed by atoms with Crippen LogP contribution in [0.4, 0.5) is 11.5 Å². The zero-order valence-corrected chi connectivity index (χ0v) is 11.5. The maximum atomic E-state index is 12.0. The lowest BCUT2D eigenvalue weighted by Crippen LogP contribution is -2.13. The van der Waals surface area contributed by atoms with Crippen molar-refractivity contribution in [1.82, 2.24) is 4.98 Å². The summed E-state index contributed by atoms with van der Waals surface area (Å²) in [6.07, 6.45) is 1.47. The lowest BCUT2D eigenvalue weighted by atomic mass is 10.2. The maximum Gasteiger partial charge on any atom is 0.258 e. The highest BCUT2D eigenvalue weighted by Crippen LogP contribution is 2.21. The van der Waals surface area contributed by atoms with E-state index in [-0.39, 0.29) is 5.91 Å². The van der Waals surface area contributed by atoms with Crippen LogP contribution in [0.5, 0.6) is 0 Å². The molecule has 18 heavy (non-hydrogen) atoms. The third-order valence-electron chi connectivity index (χ3n) is 2.20. The number of hydrogen-bond donors (Lipinski definition) is 2. The number of carbonyl (C=O) groups excluding carboxylic acids is 1. The van der Waals surface area contributed by atoms with Gasteiger partial charge in [-0.1, -0.05) is 27.5 Å². The molecule has 1 aromatic carbocycles. The summed E-state index contributed by atoms with van der Waals surface area (Å²) < 4.78 is 0.780.